The number of amides is 4. The van der Waals surface area contributed by atoms with Crippen LogP contribution >= 0.6 is 0 Å². The average Bonchev–Trinajstić information content (AvgIpc) is 3.18. The third-order valence-corrected chi connectivity index (χ3v) is 10.9. The largest absolute Gasteiger partial charge is 2.00 e. The molecule has 1 radical (unpaired) electrons. The molecule has 57 heavy (non-hydrogen) atoms. The van der Waals surface area contributed by atoms with Gasteiger partial charge in [-0.2, -0.15) is 0 Å². The maximum absolute atomic E-state index is 12.5. The molecule has 0 atom stereocenters. The minimum atomic E-state index is -3.95. The number of fused-ring (bicyclic) bond motifs is 2. The molecule has 0 fully saturated rings. The number of rotatable bonds is 6. The van der Waals surface area contributed by atoms with Crippen LogP contribution in [0, 0.1) is 0 Å². The Morgan fingerprint density at radius 3 is 1.18 bits per heavy atom. The predicted octanol–water partition coefficient (Wildman–Crippen LogP) is 0.173. The van der Waals surface area contributed by atoms with E-state index >= 15 is 0 Å². The van der Waals surface area contributed by atoms with Crippen LogP contribution in [-0.4, -0.2) is 112 Å². The van der Waals surface area contributed by atoms with E-state index in [-0.39, 0.29) is 49.6 Å². The summed E-state index contributed by atoms with van der Waals surface area (Å²) in [6, 6.07) is 21.3. The zero-order chi connectivity index (χ0) is 41.8. The monoisotopic (exact) mass is 869 g/mol. The Labute approximate surface area is 340 Å². The van der Waals surface area contributed by atoms with E-state index in [0.29, 0.717) is 8.61 Å². The second-order valence-electron chi connectivity index (χ2n) is 11.8. The number of nitrogens with one attached hydrogen (secondary N) is 2. The number of carbonyl (C=O) groups excluding carboxylic acids is 4. The number of nitrogens with zero attached hydrogens (tertiary/aromatic N) is 6. The Kier molecular flexibility index (Phi) is 16.9. The molecule has 4 aromatic rings. The molecule has 2 aliphatic rings. The molecule has 0 saturated heterocycles. The van der Waals surface area contributed by atoms with Crippen LogP contribution in [0.15, 0.2) is 119 Å². The van der Waals surface area contributed by atoms with Gasteiger partial charge < -0.3 is 30.6 Å². The van der Waals surface area contributed by atoms with Crippen LogP contribution in [0.5, 0.6) is 0 Å². The van der Waals surface area contributed by atoms with Gasteiger partial charge in [-0.05, 0) is 47.5 Å². The van der Waals surface area contributed by atoms with E-state index in [0.717, 1.165) is 12.8 Å². The molecular weight excluding hydrogens is 832 g/mol. The van der Waals surface area contributed by atoms with Crippen molar-refractivity contribution < 1.29 is 63.3 Å². The summed E-state index contributed by atoms with van der Waals surface area (Å²) in [6.07, 6.45) is 4.44. The summed E-state index contributed by atoms with van der Waals surface area (Å²) in [6.45, 7) is 0. The van der Waals surface area contributed by atoms with E-state index in [4.69, 9.17) is 0 Å². The van der Waals surface area contributed by atoms with Crippen molar-refractivity contribution in [2.24, 2.45) is 0 Å². The fourth-order valence-corrected chi connectivity index (χ4v) is 7.33. The van der Waals surface area contributed by atoms with Crippen molar-refractivity contribution in [2.75, 3.05) is 52.9 Å². The van der Waals surface area contributed by atoms with Crippen LogP contribution in [-0.2, 0) is 56.3 Å². The topological polar surface area (TPSA) is 245 Å². The zero-order valence-corrected chi connectivity index (χ0v) is 33.9. The van der Waals surface area contributed by atoms with Gasteiger partial charge in [-0.25, -0.2) is 26.8 Å². The second-order valence-corrected chi connectivity index (χ2v) is 15.6. The van der Waals surface area contributed by atoms with Gasteiger partial charge in [0.2, 0.25) is 12.8 Å². The van der Waals surface area contributed by atoms with E-state index in [2.05, 4.69) is 20.6 Å². The summed E-state index contributed by atoms with van der Waals surface area (Å²) in [5.74, 6) is -2.49. The smallest absolute Gasteiger partial charge is 0.870 e. The van der Waals surface area contributed by atoms with Gasteiger partial charge >= 0.3 is 17.1 Å². The number of hydrogen-bond acceptors (Lipinski definition) is 12. The number of hydrogen-bond donors (Lipinski definition) is 2. The van der Waals surface area contributed by atoms with Gasteiger partial charge in [-0.1, -0.05) is 60.0 Å². The van der Waals surface area contributed by atoms with E-state index in [1.165, 1.54) is 84.8 Å². The molecule has 6 rings (SSSR count). The number of anilines is 2. The standard InChI is InChI=1S/2C15H13N3O4S.2C3H7NO.Cu/c2*1-18-13(15(20)17-12-8-4-5-9-16-12)14(19)10-6-2-3-7-11(10)23(18,21)22;2*1-4(2)3-5;/h2*2-9,19H,1H3,(H,16,17,20);2*3H,1-2H3;/q;;;;+2/p-2. The normalized spacial score (nSPS) is 14.1. The summed E-state index contributed by atoms with van der Waals surface area (Å²) >= 11 is 0. The van der Waals surface area contributed by atoms with Crippen molar-refractivity contribution in [3.05, 3.63) is 120 Å². The first kappa shape index (κ1) is 46.9. The zero-order valence-electron chi connectivity index (χ0n) is 31.3. The van der Waals surface area contributed by atoms with Crippen LogP contribution in [0.25, 0.3) is 11.5 Å². The quantitative estimate of drug-likeness (QED) is 0.195. The summed E-state index contributed by atoms with van der Waals surface area (Å²) in [5, 5.41) is 29.9. The van der Waals surface area contributed by atoms with Gasteiger partial charge in [0.25, 0.3) is 31.9 Å². The second kappa shape index (κ2) is 20.6. The summed E-state index contributed by atoms with van der Waals surface area (Å²) in [4.78, 5) is 54.1. The molecule has 2 aromatic carbocycles. The van der Waals surface area contributed by atoms with Crippen LogP contribution < -0.4 is 20.8 Å². The van der Waals surface area contributed by atoms with Crippen molar-refractivity contribution in [2.45, 2.75) is 9.79 Å². The van der Waals surface area contributed by atoms with Crippen LogP contribution in [0.2, 0.25) is 0 Å². The van der Waals surface area contributed by atoms with Gasteiger partial charge in [-0.15, -0.1) is 0 Å². The predicted molar refractivity (Wildman–Crippen MR) is 202 cm³/mol. The summed E-state index contributed by atoms with van der Waals surface area (Å²) in [7, 11) is 1.21. The van der Waals surface area contributed by atoms with E-state index in [1.807, 2.05) is 0 Å². The molecule has 0 saturated carbocycles. The van der Waals surface area contributed by atoms with Gasteiger partial charge in [0, 0.05) is 54.7 Å². The molecule has 18 nitrogen and oxygen atoms in total. The molecule has 4 heterocycles. The third-order valence-electron chi connectivity index (χ3n) is 7.26. The Morgan fingerprint density at radius 2 is 0.895 bits per heavy atom. The van der Waals surface area contributed by atoms with E-state index in [1.54, 1.807) is 64.6 Å². The molecule has 2 aliphatic heterocycles. The molecule has 0 unspecified atom stereocenters. The minimum absolute atomic E-state index is 0. The molecule has 0 aliphatic carbocycles. The fraction of sp³-hybridized carbons (Fsp3) is 0.167. The first-order valence-electron chi connectivity index (χ1n) is 16.1. The van der Waals surface area contributed by atoms with Crippen LogP contribution in [0.1, 0.15) is 11.1 Å². The van der Waals surface area contributed by atoms with Crippen molar-refractivity contribution in [1.29, 1.82) is 0 Å². The Bertz CT molecular complexity index is 2180. The maximum Gasteiger partial charge on any atom is 2.00 e. The van der Waals surface area contributed by atoms with Gasteiger partial charge in [0.05, 0.1) is 9.79 Å². The number of sulfonamides is 2. The number of benzene rings is 2. The average molecular weight is 870 g/mol. The van der Waals surface area contributed by atoms with Crippen LogP contribution in [0.3, 0.4) is 0 Å². The molecule has 0 spiro atoms. The van der Waals surface area contributed by atoms with Crippen molar-refractivity contribution in [1.82, 2.24) is 28.4 Å². The Hall–Kier alpha value is -6.28. The molecule has 0 bridgehead atoms. The first-order valence-corrected chi connectivity index (χ1v) is 19.0. The molecule has 21 heteroatoms. The van der Waals surface area contributed by atoms with Crippen molar-refractivity contribution >= 4 is 67.8 Å². The third kappa shape index (κ3) is 11.4. The fourth-order valence-electron chi connectivity index (χ4n) is 4.55. The van der Waals surface area contributed by atoms with E-state index in [9.17, 15) is 46.2 Å². The summed E-state index contributed by atoms with van der Waals surface area (Å²) in [5.41, 5.74) is -0.961. The first-order chi connectivity index (χ1) is 26.4. The maximum atomic E-state index is 12.5. The molecule has 2 aromatic heterocycles. The Balaban J connectivity index is 0.000000314. The molecular formula is C36H38CuN8O10S2. The Morgan fingerprint density at radius 1 is 0.596 bits per heavy atom. The van der Waals surface area contributed by atoms with Gasteiger partial charge in [-0.3, -0.25) is 27.8 Å². The van der Waals surface area contributed by atoms with Crippen molar-refractivity contribution in [3.8, 4) is 0 Å². The van der Waals surface area contributed by atoms with Crippen molar-refractivity contribution in [3.63, 3.8) is 0 Å². The number of likely N-dealkylation sites (N-methyl/N-ethyl adjacent to an activating group) is 2. The molecule has 2 N–H and O–H groups in total. The van der Waals surface area contributed by atoms with Gasteiger partial charge in [0.1, 0.15) is 23.0 Å². The SMILES string of the molecule is CN(C)C=O.CN(C)C=O.CN1C(C(=O)Nc2ccccn2)=C([O-])c2ccccc2S1(=O)=O.CN1C(C(=O)Nc2ccccn2)=C([O-])c2ccccc2S1(=O)=O.[Cu+2]. The van der Waals surface area contributed by atoms with Crippen LogP contribution in [0.4, 0.5) is 11.6 Å². The molecule has 305 valence electrons. The van der Waals surface area contributed by atoms with Gasteiger partial charge in [0.15, 0.2) is 0 Å². The number of carbonyl (C=O) groups is 4. The molecule has 4 amide bonds. The summed E-state index contributed by atoms with van der Waals surface area (Å²) < 4.78 is 51.3. The van der Waals surface area contributed by atoms with E-state index < -0.39 is 54.8 Å². The number of aromatic nitrogens is 2. The number of pyridine rings is 2. The minimum Gasteiger partial charge on any atom is -0.870 e.